The normalized spacial score (nSPS) is 13.8. The van der Waals surface area contributed by atoms with E-state index in [0.29, 0.717) is 0 Å². The van der Waals surface area contributed by atoms with Gasteiger partial charge in [0, 0.05) is 50.1 Å². The van der Waals surface area contributed by atoms with Crippen LogP contribution in [0.3, 0.4) is 0 Å². The molecule has 0 fully saturated rings. The van der Waals surface area contributed by atoms with Crippen LogP contribution >= 0.6 is 0 Å². The van der Waals surface area contributed by atoms with Crippen molar-refractivity contribution in [2.75, 3.05) is 10.6 Å². The summed E-state index contributed by atoms with van der Waals surface area (Å²) in [4.78, 5) is 2.56. The minimum Gasteiger partial charge on any atom is -0.399 e. The zero-order valence-corrected chi connectivity index (χ0v) is 30.5. The number of nitrogen functional groups attached to an aromatic ring is 1. The molecule has 1 aromatic heterocycles. The first kappa shape index (κ1) is 30.4. The molecular weight excluding hydrogens is 617 g/mol. The van der Waals surface area contributed by atoms with Gasteiger partial charge in [-0.15, -0.1) is 0 Å². The Balaban J connectivity index is 1.41. The van der Waals surface area contributed by atoms with Crippen LogP contribution in [0.25, 0.3) is 54.5 Å². The van der Waals surface area contributed by atoms with Crippen molar-refractivity contribution < 1.29 is 0 Å². The molecule has 0 saturated heterocycles. The van der Waals surface area contributed by atoms with Crippen LogP contribution in [0.4, 0.5) is 22.7 Å². The molecule has 10 rings (SSSR count). The first-order valence-corrected chi connectivity index (χ1v) is 18.3. The summed E-state index contributed by atoms with van der Waals surface area (Å²) in [6.07, 6.45) is 0. The van der Waals surface area contributed by atoms with E-state index in [2.05, 4.69) is 173 Å². The molecule has 0 saturated carbocycles. The molecular formula is C47H42BN3. The van der Waals surface area contributed by atoms with E-state index in [-0.39, 0.29) is 17.7 Å². The summed E-state index contributed by atoms with van der Waals surface area (Å²) in [7, 11) is 0. The Morgan fingerprint density at radius 1 is 0.588 bits per heavy atom. The monoisotopic (exact) mass is 659 g/mol. The molecule has 8 aromatic rings. The number of aryl methyl sites for hydroxylation is 1. The third kappa shape index (κ3) is 4.20. The van der Waals surface area contributed by atoms with Gasteiger partial charge in [0.25, 0.3) is 0 Å². The molecule has 2 aliphatic heterocycles. The number of rotatable bonds is 1. The largest absolute Gasteiger partial charge is 0.399 e. The molecule has 248 valence electrons. The third-order valence-electron chi connectivity index (χ3n) is 11.7. The van der Waals surface area contributed by atoms with Crippen LogP contribution in [-0.2, 0) is 10.8 Å². The van der Waals surface area contributed by atoms with Gasteiger partial charge >= 0.3 is 6.85 Å². The maximum absolute atomic E-state index is 6.97. The molecule has 0 radical (unpaired) electrons. The van der Waals surface area contributed by atoms with Crippen molar-refractivity contribution in [3.8, 4) is 11.1 Å². The van der Waals surface area contributed by atoms with Gasteiger partial charge in [0.05, 0.1) is 0 Å². The Bertz CT molecular complexity index is 2780. The second kappa shape index (κ2) is 10.1. The molecule has 3 nitrogen and oxygen atoms in total. The highest BCUT2D eigenvalue weighted by Gasteiger charge is 2.44. The average molecular weight is 660 g/mol. The highest BCUT2D eigenvalue weighted by molar-refractivity contribution is 6.90. The number of fused-ring (bicyclic) bond motifs is 9. The number of benzene rings is 7. The molecule has 3 heterocycles. The Labute approximate surface area is 300 Å². The summed E-state index contributed by atoms with van der Waals surface area (Å²) in [6, 6.07) is 43.5. The molecule has 51 heavy (non-hydrogen) atoms. The van der Waals surface area contributed by atoms with E-state index >= 15 is 0 Å². The number of nitrogens with zero attached hydrogens (tertiary/aromatic N) is 2. The van der Waals surface area contributed by atoms with Crippen molar-refractivity contribution in [3.63, 3.8) is 0 Å². The van der Waals surface area contributed by atoms with E-state index in [1.54, 1.807) is 0 Å². The Morgan fingerprint density at radius 3 is 1.98 bits per heavy atom. The Kier molecular flexibility index (Phi) is 5.99. The van der Waals surface area contributed by atoms with Gasteiger partial charge in [0.1, 0.15) is 0 Å². The van der Waals surface area contributed by atoms with E-state index in [1.807, 2.05) is 0 Å². The van der Waals surface area contributed by atoms with Crippen molar-refractivity contribution in [1.29, 1.82) is 0 Å². The molecule has 2 aliphatic rings. The van der Waals surface area contributed by atoms with Crippen LogP contribution in [0.15, 0.2) is 115 Å². The number of nitrogens with two attached hydrogens (primary N) is 1. The van der Waals surface area contributed by atoms with Gasteiger partial charge in [0.15, 0.2) is 0 Å². The summed E-state index contributed by atoms with van der Waals surface area (Å²) >= 11 is 0. The van der Waals surface area contributed by atoms with Crippen LogP contribution in [0, 0.1) is 6.92 Å². The van der Waals surface area contributed by atoms with Gasteiger partial charge in [-0.2, -0.15) is 0 Å². The van der Waals surface area contributed by atoms with Crippen molar-refractivity contribution in [2.24, 2.45) is 0 Å². The predicted octanol–water partition coefficient (Wildman–Crippen LogP) is 11.0. The van der Waals surface area contributed by atoms with Crippen LogP contribution in [-0.4, -0.2) is 11.3 Å². The van der Waals surface area contributed by atoms with Crippen molar-refractivity contribution >= 4 is 83.9 Å². The van der Waals surface area contributed by atoms with E-state index < -0.39 is 0 Å². The van der Waals surface area contributed by atoms with E-state index in [0.717, 1.165) is 11.4 Å². The van der Waals surface area contributed by atoms with Gasteiger partial charge in [-0.3, -0.25) is 0 Å². The summed E-state index contributed by atoms with van der Waals surface area (Å²) < 4.78 is 2.64. The molecule has 0 unspecified atom stereocenters. The highest BCUT2D eigenvalue weighted by Crippen LogP contribution is 2.49. The lowest BCUT2D eigenvalue weighted by atomic mass is 9.44. The van der Waals surface area contributed by atoms with Gasteiger partial charge in [0.2, 0.25) is 0 Å². The number of anilines is 4. The quantitative estimate of drug-likeness (QED) is 0.108. The molecule has 0 spiro atoms. The standard InChI is InChI=1S/C47H42BN3/c1-27-38-20-29-14-9-8-13-28(29)19-30(38)21-40-44(27)50(34-23-31(46(2,3)4)22-32(24-34)47(5,6)7)42-26-33(49)25-39-37-17-12-16-36-35-15-10-11-18-41(35)51(45(36)37)48(40)43(39)42/h8-26H,49H2,1-7H3. The van der Waals surface area contributed by atoms with E-state index in [4.69, 9.17) is 5.73 Å². The fourth-order valence-electron chi connectivity index (χ4n) is 9.10. The Hall–Kier alpha value is -5.48. The SMILES string of the molecule is Cc1c2c(cc3cc4ccccc4cc13)B1c3c(cc(N)cc3N2c2cc(C(C)(C)C)cc(C(C)(C)C)c2)-c2cccc3c4ccccc4n1c23. The molecule has 0 amide bonds. The summed E-state index contributed by atoms with van der Waals surface area (Å²) in [5, 5.41) is 7.66. The average Bonchev–Trinajstić information content (AvgIpc) is 3.43. The maximum atomic E-state index is 6.97. The number of hydrogen-bond donors (Lipinski definition) is 1. The van der Waals surface area contributed by atoms with Crippen LogP contribution in [0.5, 0.6) is 0 Å². The predicted molar refractivity (Wildman–Crippen MR) is 222 cm³/mol. The summed E-state index contributed by atoms with van der Waals surface area (Å²) in [6.45, 7) is 16.2. The first-order valence-electron chi connectivity index (χ1n) is 18.3. The maximum Gasteiger partial charge on any atom is 0.333 e. The number of aromatic nitrogens is 1. The fraction of sp³-hybridized carbons (Fsp3) is 0.191. The molecule has 0 atom stereocenters. The van der Waals surface area contributed by atoms with Gasteiger partial charge in [-0.05, 0) is 115 Å². The highest BCUT2D eigenvalue weighted by atomic mass is 15.2. The summed E-state index contributed by atoms with van der Waals surface area (Å²) in [5.41, 5.74) is 22.9. The minimum absolute atomic E-state index is 0.0263. The topological polar surface area (TPSA) is 34.2 Å². The number of para-hydroxylation sites is 2. The van der Waals surface area contributed by atoms with Crippen molar-refractivity contribution in [3.05, 3.63) is 132 Å². The first-order chi connectivity index (χ1) is 24.4. The lowest BCUT2D eigenvalue weighted by Gasteiger charge is -2.42. The molecule has 2 N–H and O–H groups in total. The van der Waals surface area contributed by atoms with E-state index in [9.17, 15) is 0 Å². The fourth-order valence-corrected chi connectivity index (χ4v) is 9.10. The number of hydrogen-bond acceptors (Lipinski definition) is 2. The van der Waals surface area contributed by atoms with Gasteiger partial charge in [-0.25, -0.2) is 0 Å². The van der Waals surface area contributed by atoms with Crippen molar-refractivity contribution in [2.45, 2.75) is 59.3 Å². The second-order valence-corrected chi connectivity index (χ2v) is 17.0. The lowest BCUT2D eigenvalue weighted by molar-refractivity contribution is 0.569. The second-order valence-electron chi connectivity index (χ2n) is 17.0. The minimum atomic E-state index is -0.0295. The lowest BCUT2D eigenvalue weighted by Crippen LogP contribution is -2.57. The zero-order valence-electron chi connectivity index (χ0n) is 30.5. The Morgan fingerprint density at radius 2 is 1.25 bits per heavy atom. The van der Waals surface area contributed by atoms with E-state index in [1.165, 1.54) is 93.5 Å². The van der Waals surface area contributed by atoms with Crippen molar-refractivity contribution in [1.82, 2.24) is 4.48 Å². The molecule has 0 aliphatic carbocycles. The summed E-state index contributed by atoms with van der Waals surface area (Å²) in [5.74, 6) is 0. The van der Waals surface area contributed by atoms with Gasteiger partial charge < -0.3 is 15.1 Å². The third-order valence-corrected chi connectivity index (χ3v) is 11.7. The zero-order chi connectivity index (χ0) is 35.1. The van der Waals surface area contributed by atoms with Gasteiger partial charge in [-0.1, -0.05) is 114 Å². The molecule has 7 aromatic carbocycles. The smallest absolute Gasteiger partial charge is 0.333 e. The van der Waals surface area contributed by atoms with Crippen LogP contribution < -0.4 is 21.6 Å². The molecule has 4 heteroatoms. The van der Waals surface area contributed by atoms with Crippen LogP contribution in [0.1, 0.15) is 58.2 Å². The molecule has 0 bridgehead atoms. The van der Waals surface area contributed by atoms with Crippen LogP contribution in [0.2, 0.25) is 0 Å².